The third-order valence-corrected chi connectivity index (χ3v) is 1.39. The van der Waals surface area contributed by atoms with Gasteiger partial charge in [-0.05, 0) is 6.07 Å². The molecule has 0 unspecified atom stereocenters. The lowest BCUT2D eigenvalue weighted by Crippen LogP contribution is -2.20. The van der Waals surface area contributed by atoms with Crippen LogP contribution < -0.4 is 5.32 Å². The molecule has 0 saturated heterocycles. The minimum Gasteiger partial charge on any atom is -0.465 e. The third kappa shape index (κ3) is 2.23. The molecule has 0 aliphatic carbocycles. The molecule has 12 heavy (non-hydrogen) atoms. The monoisotopic (exact) mass is 169 g/mol. The lowest BCUT2D eigenvalue weighted by Gasteiger charge is -2.01. The maximum atomic E-state index is 12.8. The molecule has 2 N–H and O–H groups in total. The molecule has 0 atom stereocenters. The normalized spacial score (nSPS) is 9.42. The minimum atomic E-state index is -1.15. The van der Waals surface area contributed by atoms with Gasteiger partial charge in [-0.15, -0.1) is 0 Å². The van der Waals surface area contributed by atoms with Crippen LogP contribution in [0.1, 0.15) is 5.56 Å². The second-order valence-electron chi connectivity index (χ2n) is 2.25. The van der Waals surface area contributed by atoms with E-state index < -0.39 is 11.9 Å². The zero-order valence-electron chi connectivity index (χ0n) is 6.25. The fourth-order valence-corrected chi connectivity index (χ4v) is 0.813. The molecule has 0 radical (unpaired) electrons. The van der Waals surface area contributed by atoms with Crippen molar-refractivity contribution in [2.24, 2.45) is 0 Å². The van der Waals surface area contributed by atoms with E-state index in [9.17, 15) is 9.18 Å². The molecule has 3 nitrogen and oxygen atoms in total. The van der Waals surface area contributed by atoms with Crippen molar-refractivity contribution in [1.29, 1.82) is 0 Å². The molecule has 1 amide bonds. The van der Waals surface area contributed by atoms with E-state index >= 15 is 0 Å². The SMILES string of the molecule is O=C(O)NCc1ccccc1F. The van der Waals surface area contributed by atoms with Gasteiger partial charge >= 0.3 is 6.09 Å². The van der Waals surface area contributed by atoms with Crippen molar-refractivity contribution >= 4 is 6.09 Å². The van der Waals surface area contributed by atoms with Gasteiger partial charge in [-0.2, -0.15) is 0 Å². The lowest BCUT2D eigenvalue weighted by molar-refractivity contribution is 0.194. The van der Waals surface area contributed by atoms with Gasteiger partial charge in [0, 0.05) is 12.1 Å². The lowest BCUT2D eigenvalue weighted by atomic mass is 10.2. The van der Waals surface area contributed by atoms with Crippen LogP contribution in [-0.4, -0.2) is 11.2 Å². The van der Waals surface area contributed by atoms with E-state index in [0.717, 1.165) is 0 Å². The molecular weight excluding hydrogens is 161 g/mol. The van der Waals surface area contributed by atoms with Gasteiger partial charge in [-0.1, -0.05) is 18.2 Å². The average Bonchev–Trinajstić information content (AvgIpc) is 2.03. The standard InChI is InChI=1S/C8H8FNO2/c9-7-4-2-1-3-6(7)5-10-8(11)12/h1-4,10H,5H2,(H,11,12). The number of hydrogen-bond acceptors (Lipinski definition) is 1. The molecule has 0 aromatic heterocycles. The molecule has 1 aromatic rings. The number of nitrogens with one attached hydrogen (secondary N) is 1. The fourth-order valence-electron chi connectivity index (χ4n) is 0.813. The van der Waals surface area contributed by atoms with Crippen LogP contribution >= 0.6 is 0 Å². The Morgan fingerprint density at radius 2 is 2.17 bits per heavy atom. The van der Waals surface area contributed by atoms with E-state index in [2.05, 4.69) is 5.32 Å². The molecule has 0 fully saturated rings. The predicted molar refractivity (Wildman–Crippen MR) is 41.3 cm³/mol. The number of carbonyl (C=O) groups is 1. The van der Waals surface area contributed by atoms with Gasteiger partial charge < -0.3 is 10.4 Å². The van der Waals surface area contributed by atoms with Crippen LogP contribution in [0.15, 0.2) is 24.3 Å². The van der Waals surface area contributed by atoms with Crippen LogP contribution in [0, 0.1) is 5.82 Å². The molecule has 0 spiro atoms. The van der Waals surface area contributed by atoms with Crippen molar-refractivity contribution in [3.8, 4) is 0 Å². The summed E-state index contributed by atoms with van der Waals surface area (Å²) in [6, 6.07) is 6.03. The van der Waals surface area contributed by atoms with Crippen molar-refractivity contribution < 1.29 is 14.3 Å². The quantitative estimate of drug-likeness (QED) is 0.706. The van der Waals surface area contributed by atoms with E-state index in [4.69, 9.17) is 5.11 Å². The van der Waals surface area contributed by atoms with Gasteiger partial charge in [-0.25, -0.2) is 9.18 Å². The molecule has 0 aliphatic rings. The molecule has 0 aliphatic heterocycles. The summed E-state index contributed by atoms with van der Waals surface area (Å²) in [5.41, 5.74) is 0.347. The van der Waals surface area contributed by atoms with Crippen LogP contribution in [0.25, 0.3) is 0 Å². The molecule has 0 saturated carbocycles. The first-order chi connectivity index (χ1) is 5.70. The number of hydrogen-bond donors (Lipinski definition) is 2. The molecule has 0 heterocycles. The number of halogens is 1. The van der Waals surface area contributed by atoms with Crippen LogP contribution in [0.2, 0.25) is 0 Å². The predicted octanol–water partition coefficient (Wildman–Crippen LogP) is 1.59. The zero-order chi connectivity index (χ0) is 8.97. The van der Waals surface area contributed by atoms with Crippen LogP contribution in [0.4, 0.5) is 9.18 Å². The number of amides is 1. The van der Waals surface area contributed by atoms with Crippen LogP contribution in [0.5, 0.6) is 0 Å². The number of rotatable bonds is 2. The van der Waals surface area contributed by atoms with Crippen molar-refractivity contribution in [2.45, 2.75) is 6.54 Å². The highest BCUT2D eigenvalue weighted by atomic mass is 19.1. The highest BCUT2D eigenvalue weighted by molar-refractivity contribution is 5.64. The van der Waals surface area contributed by atoms with E-state index in [-0.39, 0.29) is 6.54 Å². The molecule has 1 aromatic carbocycles. The maximum Gasteiger partial charge on any atom is 0.404 e. The Balaban J connectivity index is 2.63. The van der Waals surface area contributed by atoms with E-state index in [0.29, 0.717) is 5.56 Å². The average molecular weight is 169 g/mol. The first-order valence-electron chi connectivity index (χ1n) is 3.40. The molecule has 1 rings (SSSR count). The Bertz CT molecular complexity index is 288. The fraction of sp³-hybridized carbons (Fsp3) is 0.125. The van der Waals surface area contributed by atoms with Crippen molar-refractivity contribution in [3.63, 3.8) is 0 Å². The maximum absolute atomic E-state index is 12.8. The van der Waals surface area contributed by atoms with Crippen molar-refractivity contribution in [3.05, 3.63) is 35.6 Å². The van der Waals surface area contributed by atoms with Gasteiger partial charge in [0.25, 0.3) is 0 Å². The highest BCUT2D eigenvalue weighted by Crippen LogP contribution is 2.04. The Morgan fingerprint density at radius 3 is 2.75 bits per heavy atom. The topological polar surface area (TPSA) is 49.3 Å². The second-order valence-corrected chi connectivity index (χ2v) is 2.25. The van der Waals surface area contributed by atoms with Crippen molar-refractivity contribution in [1.82, 2.24) is 5.32 Å². The van der Waals surface area contributed by atoms with Crippen LogP contribution in [-0.2, 0) is 6.54 Å². The van der Waals surface area contributed by atoms with Gasteiger partial charge in [-0.3, -0.25) is 0 Å². The molecule has 0 bridgehead atoms. The van der Waals surface area contributed by atoms with Crippen LogP contribution in [0.3, 0.4) is 0 Å². The molecular formula is C8H8FNO2. The number of benzene rings is 1. The summed E-state index contributed by atoms with van der Waals surface area (Å²) < 4.78 is 12.8. The Kier molecular flexibility index (Phi) is 2.63. The van der Waals surface area contributed by atoms with Gasteiger partial charge in [0.15, 0.2) is 0 Å². The minimum absolute atomic E-state index is 0.00199. The zero-order valence-corrected chi connectivity index (χ0v) is 6.25. The summed E-state index contributed by atoms with van der Waals surface area (Å²) >= 11 is 0. The summed E-state index contributed by atoms with van der Waals surface area (Å²) in [5.74, 6) is -0.397. The summed E-state index contributed by atoms with van der Waals surface area (Å²) in [7, 11) is 0. The largest absolute Gasteiger partial charge is 0.465 e. The Morgan fingerprint density at radius 1 is 1.50 bits per heavy atom. The first kappa shape index (κ1) is 8.52. The second kappa shape index (κ2) is 3.71. The molecule has 64 valence electrons. The third-order valence-electron chi connectivity index (χ3n) is 1.39. The van der Waals surface area contributed by atoms with E-state index in [1.807, 2.05) is 0 Å². The van der Waals surface area contributed by atoms with Crippen molar-refractivity contribution in [2.75, 3.05) is 0 Å². The summed E-state index contributed by atoms with van der Waals surface area (Å²) in [6.45, 7) is 0.00199. The smallest absolute Gasteiger partial charge is 0.404 e. The van der Waals surface area contributed by atoms with E-state index in [1.54, 1.807) is 12.1 Å². The Labute approximate surface area is 68.8 Å². The van der Waals surface area contributed by atoms with E-state index in [1.165, 1.54) is 12.1 Å². The first-order valence-corrected chi connectivity index (χ1v) is 3.40. The molecule has 4 heteroatoms. The number of carboxylic acid groups (broad SMARTS) is 1. The summed E-state index contributed by atoms with van der Waals surface area (Å²) in [5, 5.41) is 10.3. The van der Waals surface area contributed by atoms with Gasteiger partial charge in [0.05, 0.1) is 0 Å². The van der Waals surface area contributed by atoms with Gasteiger partial charge in [0.2, 0.25) is 0 Å². The summed E-state index contributed by atoms with van der Waals surface area (Å²) in [6.07, 6.45) is -1.15. The van der Waals surface area contributed by atoms with Gasteiger partial charge in [0.1, 0.15) is 5.82 Å². The summed E-state index contributed by atoms with van der Waals surface area (Å²) in [4.78, 5) is 10.1. The highest BCUT2D eigenvalue weighted by Gasteiger charge is 2.00. The Hall–Kier alpha value is -1.58.